The van der Waals surface area contributed by atoms with E-state index in [0.717, 1.165) is 24.7 Å². The van der Waals surface area contributed by atoms with Crippen molar-refractivity contribution in [1.29, 1.82) is 0 Å². The molecule has 3 nitrogen and oxygen atoms in total. The Morgan fingerprint density at radius 2 is 2.43 bits per heavy atom. The number of nitrogens with one attached hydrogen (secondary N) is 1. The molecule has 0 amide bonds. The van der Waals surface area contributed by atoms with Crippen LogP contribution >= 0.6 is 11.3 Å². The Hall–Kier alpha value is -0.450. The molecule has 4 heteroatoms. The Morgan fingerprint density at radius 3 is 3.00 bits per heavy atom. The number of ether oxygens (including phenoxy) is 1. The maximum Gasteiger partial charge on any atom is 0.0897 e. The van der Waals surface area contributed by atoms with E-state index < -0.39 is 0 Å². The quantitative estimate of drug-likeness (QED) is 0.784. The van der Waals surface area contributed by atoms with E-state index in [4.69, 9.17) is 4.74 Å². The van der Waals surface area contributed by atoms with Crippen molar-refractivity contribution in [2.24, 2.45) is 5.92 Å². The molecule has 0 aliphatic heterocycles. The van der Waals surface area contributed by atoms with E-state index in [0.29, 0.717) is 5.92 Å². The fourth-order valence-corrected chi connectivity index (χ4v) is 2.04. The molecule has 0 aliphatic carbocycles. The topological polar surface area (TPSA) is 34.1 Å². The van der Waals surface area contributed by atoms with Crippen molar-refractivity contribution in [2.45, 2.75) is 20.4 Å². The molecular formula is C10H18N2OS. The molecule has 14 heavy (non-hydrogen) atoms. The van der Waals surface area contributed by atoms with Crippen LogP contribution in [0.3, 0.4) is 0 Å². The minimum absolute atomic E-state index is 0.564. The van der Waals surface area contributed by atoms with E-state index in [2.05, 4.69) is 17.2 Å². The largest absolute Gasteiger partial charge is 0.384 e. The molecule has 0 spiro atoms. The fraction of sp³-hybridized carbons (Fsp3) is 0.700. The SMILES string of the molecule is COCC(C)CNCc1cnc(C)s1. The van der Waals surface area contributed by atoms with Crippen LogP contribution in [0.5, 0.6) is 0 Å². The van der Waals surface area contributed by atoms with E-state index in [1.807, 2.05) is 13.1 Å². The number of methoxy groups -OCH3 is 1. The molecule has 0 bridgehead atoms. The number of aromatic nitrogens is 1. The van der Waals surface area contributed by atoms with Crippen LogP contribution in [0.2, 0.25) is 0 Å². The number of hydrogen-bond donors (Lipinski definition) is 1. The van der Waals surface area contributed by atoms with Crippen molar-refractivity contribution in [3.05, 3.63) is 16.1 Å². The monoisotopic (exact) mass is 214 g/mol. The van der Waals surface area contributed by atoms with Crippen LogP contribution in [-0.4, -0.2) is 25.2 Å². The number of aryl methyl sites for hydroxylation is 1. The van der Waals surface area contributed by atoms with Crippen molar-refractivity contribution in [2.75, 3.05) is 20.3 Å². The van der Waals surface area contributed by atoms with Crippen LogP contribution < -0.4 is 5.32 Å². The lowest BCUT2D eigenvalue weighted by molar-refractivity contribution is 0.158. The minimum atomic E-state index is 0.564. The normalized spacial score (nSPS) is 13.1. The van der Waals surface area contributed by atoms with Crippen LogP contribution in [-0.2, 0) is 11.3 Å². The summed E-state index contributed by atoms with van der Waals surface area (Å²) in [6.45, 7) is 6.93. The fourth-order valence-electron chi connectivity index (χ4n) is 1.27. The first-order valence-corrected chi connectivity index (χ1v) is 5.65. The van der Waals surface area contributed by atoms with Gasteiger partial charge in [0, 0.05) is 37.9 Å². The van der Waals surface area contributed by atoms with E-state index in [-0.39, 0.29) is 0 Å². The molecule has 1 N–H and O–H groups in total. The average Bonchev–Trinajstić information content (AvgIpc) is 2.52. The summed E-state index contributed by atoms with van der Waals surface area (Å²) >= 11 is 1.75. The summed E-state index contributed by atoms with van der Waals surface area (Å²) in [6, 6.07) is 0. The van der Waals surface area contributed by atoms with Gasteiger partial charge in [-0.15, -0.1) is 11.3 Å². The Bertz CT molecular complexity index is 262. The van der Waals surface area contributed by atoms with Gasteiger partial charge < -0.3 is 10.1 Å². The summed E-state index contributed by atoms with van der Waals surface area (Å²) in [5.74, 6) is 0.564. The third-order valence-electron chi connectivity index (χ3n) is 1.91. The van der Waals surface area contributed by atoms with Crippen molar-refractivity contribution in [3.8, 4) is 0 Å². The van der Waals surface area contributed by atoms with Crippen molar-refractivity contribution in [1.82, 2.24) is 10.3 Å². The third-order valence-corrected chi connectivity index (χ3v) is 2.83. The van der Waals surface area contributed by atoms with Crippen molar-refractivity contribution < 1.29 is 4.74 Å². The number of thiazole rings is 1. The number of hydrogen-bond acceptors (Lipinski definition) is 4. The van der Waals surface area contributed by atoms with E-state index in [9.17, 15) is 0 Å². The van der Waals surface area contributed by atoms with Gasteiger partial charge in [0.2, 0.25) is 0 Å². The highest BCUT2D eigenvalue weighted by molar-refractivity contribution is 7.11. The molecule has 0 radical (unpaired) electrons. The van der Waals surface area contributed by atoms with Gasteiger partial charge in [-0.2, -0.15) is 0 Å². The van der Waals surface area contributed by atoms with Crippen LogP contribution in [0.25, 0.3) is 0 Å². The average molecular weight is 214 g/mol. The van der Waals surface area contributed by atoms with E-state index >= 15 is 0 Å². The Kier molecular flexibility index (Phi) is 5.07. The number of rotatable bonds is 6. The summed E-state index contributed by atoms with van der Waals surface area (Å²) in [4.78, 5) is 5.50. The van der Waals surface area contributed by atoms with Crippen LogP contribution in [0, 0.1) is 12.8 Å². The summed E-state index contributed by atoms with van der Waals surface area (Å²) in [5, 5.41) is 4.52. The smallest absolute Gasteiger partial charge is 0.0897 e. The predicted octanol–water partition coefficient (Wildman–Crippen LogP) is 1.82. The molecule has 0 aliphatic rings. The summed E-state index contributed by atoms with van der Waals surface area (Å²) in [7, 11) is 1.74. The minimum Gasteiger partial charge on any atom is -0.384 e. The second kappa shape index (κ2) is 6.11. The molecule has 0 saturated heterocycles. The van der Waals surface area contributed by atoms with Gasteiger partial charge >= 0.3 is 0 Å². The molecule has 80 valence electrons. The first-order valence-electron chi connectivity index (χ1n) is 4.83. The van der Waals surface area contributed by atoms with E-state index in [1.54, 1.807) is 18.4 Å². The molecule has 1 aromatic heterocycles. The zero-order valence-electron chi connectivity index (χ0n) is 9.04. The maximum atomic E-state index is 5.06. The van der Waals surface area contributed by atoms with Gasteiger partial charge in [0.05, 0.1) is 5.01 Å². The summed E-state index contributed by atoms with van der Waals surface area (Å²) in [6.07, 6.45) is 1.94. The first-order chi connectivity index (χ1) is 6.72. The molecule has 1 rings (SSSR count). The number of nitrogens with zero attached hydrogens (tertiary/aromatic N) is 1. The highest BCUT2D eigenvalue weighted by Crippen LogP contribution is 2.10. The zero-order chi connectivity index (χ0) is 10.4. The maximum absolute atomic E-state index is 5.06. The Morgan fingerprint density at radius 1 is 1.64 bits per heavy atom. The molecule has 1 aromatic rings. The second-order valence-electron chi connectivity index (χ2n) is 3.54. The van der Waals surface area contributed by atoms with Gasteiger partial charge in [-0.1, -0.05) is 6.92 Å². The van der Waals surface area contributed by atoms with Crippen LogP contribution in [0.15, 0.2) is 6.20 Å². The van der Waals surface area contributed by atoms with Gasteiger partial charge in [0.1, 0.15) is 0 Å². The van der Waals surface area contributed by atoms with Crippen LogP contribution in [0.4, 0.5) is 0 Å². The Balaban J connectivity index is 2.15. The van der Waals surface area contributed by atoms with Gasteiger partial charge in [-0.05, 0) is 12.8 Å². The lowest BCUT2D eigenvalue weighted by Gasteiger charge is -2.10. The molecular weight excluding hydrogens is 196 g/mol. The van der Waals surface area contributed by atoms with Gasteiger partial charge in [0.25, 0.3) is 0 Å². The van der Waals surface area contributed by atoms with Crippen molar-refractivity contribution in [3.63, 3.8) is 0 Å². The lowest BCUT2D eigenvalue weighted by atomic mass is 10.2. The summed E-state index contributed by atoms with van der Waals surface area (Å²) in [5.41, 5.74) is 0. The molecule has 1 atom stereocenters. The third kappa shape index (κ3) is 4.17. The second-order valence-corrected chi connectivity index (χ2v) is 4.86. The molecule has 0 aromatic carbocycles. The highest BCUT2D eigenvalue weighted by atomic mass is 32.1. The molecule has 0 fully saturated rings. The first kappa shape index (κ1) is 11.6. The highest BCUT2D eigenvalue weighted by Gasteiger charge is 2.01. The van der Waals surface area contributed by atoms with Crippen molar-refractivity contribution >= 4 is 11.3 Å². The van der Waals surface area contributed by atoms with Gasteiger partial charge in [-0.3, -0.25) is 0 Å². The van der Waals surface area contributed by atoms with Gasteiger partial charge in [-0.25, -0.2) is 4.98 Å². The lowest BCUT2D eigenvalue weighted by Crippen LogP contribution is -2.22. The molecule has 1 heterocycles. The predicted molar refractivity (Wildman–Crippen MR) is 59.6 cm³/mol. The van der Waals surface area contributed by atoms with E-state index in [1.165, 1.54) is 4.88 Å². The summed E-state index contributed by atoms with van der Waals surface area (Å²) < 4.78 is 5.06. The van der Waals surface area contributed by atoms with Gasteiger partial charge in [0.15, 0.2) is 0 Å². The molecule has 0 saturated carbocycles. The molecule has 1 unspecified atom stereocenters. The standard InChI is InChI=1S/C10H18N2OS/c1-8(7-13-3)4-11-5-10-6-12-9(2)14-10/h6,8,11H,4-5,7H2,1-3H3. The Labute approximate surface area is 89.5 Å². The zero-order valence-corrected chi connectivity index (χ0v) is 9.86. The van der Waals surface area contributed by atoms with Crippen LogP contribution in [0.1, 0.15) is 16.8 Å².